The first-order valence-electron chi connectivity index (χ1n) is 6.62. The summed E-state index contributed by atoms with van der Waals surface area (Å²) in [4.78, 5) is 0. The van der Waals surface area contributed by atoms with Gasteiger partial charge in [0.2, 0.25) is 0 Å². The molecule has 0 saturated heterocycles. The van der Waals surface area contributed by atoms with Crippen molar-refractivity contribution in [3.63, 3.8) is 0 Å². The number of hydrogen-bond donors (Lipinski definition) is 0. The third kappa shape index (κ3) is 3.27. The molecule has 1 aromatic heterocycles. The highest BCUT2D eigenvalue weighted by atomic mass is 79.9. The molecule has 3 heteroatoms. The Morgan fingerprint density at radius 2 is 1.89 bits per heavy atom. The van der Waals surface area contributed by atoms with E-state index in [0.29, 0.717) is 5.92 Å². The lowest BCUT2D eigenvalue weighted by molar-refractivity contribution is 0.312. The van der Waals surface area contributed by atoms with Crippen molar-refractivity contribution in [3.8, 4) is 0 Å². The molecule has 101 valence electrons. The summed E-state index contributed by atoms with van der Waals surface area (Å²) in [6.45, 7) is 8.69. The topological polar surface area (TPSA) is 17.8 Å². The quantitative estimate of drug-likeness (QED) is 0.808. The zero-order valence-electron chi connectivity index (χ0n) is 11.9. The van der Waals surface area contributed by atoms with E-state index in [4.69, 9.17) is 5.10 Å². The highest BCUT2D eigenvalue weighted by Gasteiger charge is 2.24. The van der Waals surface area contributed by atoms with E-state index in [1.807, 2.05) is 10.7 Å². The molecule has 19 heavy (non-hydrogen) atoms. The molecule has 2 rings (SSSR count). The molecule has 1 heterocycles. The van der Waals surface area contributed by atoms with Crippen LogP contribution in [0, 0.1) is 6.20 Å². The van der Waals surface area contributed by atoms with Gasteiger partial charge in [0.1, 0.15) is 6.20 Å². The van der Waals surface area contributed by atoms with E-state index in [1.165, 1.54) is 5.56 Å². The van der Waals surface area contributed by atoms with Gasteiger partial charge in [-0.15, -0.1) is 0 Å². The summed E-state index contributed by atoms with van der Waals surface area (Å²) in [5.41, 5.74) is 2.30. The molecule has 1 radical (unpaired) electrons. The van der Waals surface area contributed by atoms with E-state index in [2.05, 4.69) is 74.1 Å². The van der Waals surface area contributed by atoms with Crippen LogP contribution in [-0.4, -0.2) is 9.78 Å². The number of halogens is 1. The second kappa shape index (κ2) is 5.49. The van der Waals surface area contributed by atoms with Gasteiger partial charge < -0.3 is 0 Å². The van der Waals surface area contributed by atoms with Crippen molar-refractivity contribution < 1.29 is 0 Å². The van der Waals surface area contributed by atoms with Crippen LogP contribution in [0.15, 0.2) is 34.8 Å². The molecule has 2 nitrogen and oxygen atoms in total. The molecule has 0 aliphatic heterocycles. The standard InChI is InChI=1S/C16H20BrN2/c1-12(2)15-14(17)11-19(18-15)16(3,4)10-13-8-6-5-7-9-13/h5-9,12H,10H2,1-4H3. The summed E-state index contributed by atoms with van der Waals surface area (Å²) < 4.78 is 2.93. The van der Waals surface area contributed by atoms with Crippen LogP contribution in [0.3, 0.4) is 0 Å². The molecule has 0 atom stereocenters. The first-order valence-corrected chi connectivity index (χ1v) is 7.41. The normalized spacial score (nSPS) is 12.1. The first kappa shape index (κ1) is 14.3. The van der Waals surface area contributed by atoms with E-state index in [9.17, 15) is 0 Å². The first-order chi connectivity index (χ1) is 8.90. The summed E-state index contributed by atoms with van der Waals surface area (Å²) in [5.74, 6) is 0.402. The van der Waals surface area contributed by atoms with Crippen LogP contribution in [0.1, 0.15) is 44.9 Å². The van der Waals surface area contributed by atoms with Crippen molar-refractivity contribution >= 4 is 15.9 Å². The molecule has 0 aliphatic rings. The SMILES string of the molecule is CC(C)c1nn(C(C)(C)Cc2ccccc2)[c]c1Br. The number of benzene rings is 1. The maximum atomic E-state index is 4.69. The van der Waals surface area contributed by atoms with Crippen molar-refractivity contribution in [1.29, 1.82) is 0 Å². The van der Waals surface area contributed by atoms with Gasteiger partial charge in [0.25, 0.3) is 0 Å². The fourth-order valence-electron chi connectivity index (χ4n) is 2.15. The Bertz CT molecular complexity index is 541. The molecule has 1 aromatic carbocycles. The molecular weight excluding hydrogens is 300 g/mol. The molecule has 2 aromatic rings. The van der Waals surface area contributed by atoms with Crippen LogP contribution in [-0.2, 0) is 12.0 Å². The van der Waals surface area contributed by atoms with Gasteiger partial charge in [0.05, 0.1) is 15.7 Å². The molecule has 0 aliphatic carbocycles. The average Bonchev–Trinajstić information content (AvgIpc) is 2.73. The van der Waals surface area contributed by atoms with Crippen molar-refractivity contribution in [3.05, 3.63) is 52.3 Å². The summed E-state index contributed by atoms with van der Waals surface area (Å²) in [5, 5.41) is 4.69. The number of nitrogens with zero attached hydrogens (tertiary/aromatic N) is 2. The molecule has 0 fully saturated rings. The fraction of sp³-hybridized carbons (Fsp3) is 0.438. The largest absolute Gasteiger partial charge is 0.256 e. The van der Waals surface area contributed by atoms with Gasteiger partial charge in [-0.2, -0.15) is 5.10 Å². The second-order valence-electron chi connectivity index (χ2n) is 5.85. The fourth-order valence-corrected chi connectivity index (χ4v) is 2.86. The minimum Gasteiger partial charge on any atom is -0.256 e. The summed E-state index contributed by atoms with van der Waals surface area (Å²) in [6, 6.07) is 10.5. The molecule has 0 amide bonds. The van der Waals surface area contributed by atoms with Crippen molar-refractivity contribution in [2.75, 3.05) is 0 Å². The van der Waals surface area contributed by atoms with E-state index < -0.39 is 0 Å². The Labute approximate surface area is 124 Å². The Morgan fingerprint density at radius 1 is 1.26 bits per heavy atom. The van der Waals surface area contributed by atoms with Gasteiger partial charge in [-0.05, 0) is 47.7 Å². The van der Waals surface area contributed by atoms with Crippen LogP contribution >= 0.6 is 15.9 Å². The van der Waals surface area contributed by atoms with E-state index in [1.54, 1.807) is 0 Å². The predicted octanol–water partition coefficient (Wildman–Crippen LogP) is 4.55. The van der Waals surface area contributed by atoms with Gasteiger partial charge >= 0.3 is 0 Å². The van der Waals surface area contributed by atoms with E-state index in [-0.39, 0.29) is 5.54 Å². The zero-order valence-corrected chi connectivity index (χ0v) is 13.5. The lowest BCUT2D eigenvalue weighted by atomic mass is 9.95. The van der Waals surface area contributed by atoms with Crippen molar-refractivity contribution in [1.82, 2.24) is 9.78 Å². The lowest BCUT2D eigenvalue weighted by Gasteiger charge is -2.25. The van der Waals surface area contributed by atoms with Crippen LogP contribution in [0.5, 0.6) is 0 Å². The summed E-state index contributed by atoms with van der Waals surface area (Å²) in [6.07, 6.45) is 4.25. The van der Waals surface area contributed by atoms with Crippen LogP contribution in [0.2, 0.25) is 0 Å². The van der Waals surface area contributed by atoms with Crippen molar-refractivity contribution in [2.24, 2.45) is 0 Å². The van der Waals surface area contributed by atoms with Gasteiger partial charge in [0, 0.05) is 0 Å². The third-order valence-corrected chi connectivity index (χ3v) is 3.82. The Kier molecular flexibility index (Phi) is 4.14. The molecule has 0 saturated carbocycles. The van der Waals surface area contributed by atoms with Crippen LogP contribution < -0.4 is 0 Å². The van der Waals surface area contributed by atoms with Gasteiger partial charge in [-0.1, -0.05) is 44.2 Å². The predicted molar refractivity (Wildman–Crippen MR) is 82.3 cm³/mol. The second-order valence-corrected chi connectivity index (χ2v) is 6.65. The Balaban J connectivity index is 2.26. The molecule has 0 spiro atoms. The maximum Gasteiger partial charge on any atom is 0.103 e. The minimum absolute atomic E-state index is 0.0863. The van der Waals surface area contributed by atoms with E-state index in [0.717, 1.165) is 16.6 Å². The maximum absolute atomic E-state index is 4.69. The zero-order chi connectivity index (χ0) is 14.0. The summed E-state index contributed by atoms with van der Waals surface area (Å²) in [7, 11) is 0. The smallest absolute Gasteiger partial charge is 0.103 e. The van der Waals surface area contributed by atoms with E-state index >= 15 is 0 Å². The van der Waals surface area contributed by atoms with Crippen LogP contribution in [0.4, 0.5) is 0 Å². The number of aromatic nitrogens is 2. The molecule has 0 unspecified atom stereocenters. The Morgan fingerprint density at radius 3 is 2.42 bits per heavy atom. The third-order valence-electron chi connectivity index (χ3n) is 3.24. The number of hydrogen-bond acceptors (Lipinski definition) is 1. The summed E-state index contributed by atoms with van der Waals surface area (Å²) >= 11 is 3.56. The van der Waals surface area contributed by atoms with Gasteiger partial charge in [-0.25, -0.2) is 0 Å². The van der Waals surface area contributed by atoms with Crippen molar-refractivity contribution in [2.45, 2.75) is 45.6 Å². The average molecular weight is 320 g/mol. The molecule has 0 N–H and O–H groups in total. The number of rotatable bonds is 4. The highest BCUT2D eigenvalue weighted by molar-refractivity contribution is 9.10. The lowest BCUT2D eigenvalue weighted by Crippen LogP contribution is -2.29. The van der Waals surface area contributed by atoms with Crippen LogP contribution in [0.25, 0.3) is 0 Å². The van der Waals surface area contributed by atoms with Gasteiger partial charge in [-0.3, -0.25) is 4.68 Å². The minimum atomic E-state index is -0.0863. The molecular formula is C16H20BrN2. The monoisotopic (exact) mass is 319 g/mol. The van der Waals surface area contributed by atoms with Gasteiger partial charge in [0.15, 0.2) is 0 Å². The Hall–Kier alpha value is -1.09. The highest BCUT2D eigenvalue weighted by Crippen LogP contribution is 2.27. The molecule has 0 bridgehead atoms.